The zero-order valence-corrected chi connectivity index (χ0v) is 8.44. The summed E-state index contributed by atoms with van der Waals surface area (Å²) in [6.45, 7) is 2.32. The Morgan fingerprint density at radius 3 is 2.17 bits per heavy atom. The van der Waals surface area contributed by atoms with E-state index in [-0.39, 0.29) is 0 Å². The Hall–Kier alpha value is 0. The van der Waals surface area contributed by atoms with Crippen LogP contribution in [0.4, 0.5) is 0 Å². The number of hydrogen-bond acceptors (Lipinski definition) is 0. The normalized spacial score (nSPS) is 40.2. The fourth-order valence-electron chi connectivity index (χ4n) is 3.27. The van der Waals surface area contributed by atoms with Gasteiger partial charge >= 0.3 is 0 Å². The van der Waals surface area contributed by atoms with Crippen LogP contribution in [0.15, 0.2) is 0 Å². The van der Waals surface area contributed by atoms with Crippen LogP contribution in [0.1, 0.15) is 64.7 Å². The molecule has 0 nitrogen and oxygen atoms in total. The first-order chi connectivity index (χ1) is 5.85. The van der Waals surface area contributed by atoms with Crippen molar-refractivity contribution in [1.82, 2.24) is 0 Å². The van der Waals surface area contributed by atoms with Crippen LogP contribution in [0, 0.1) is 11.3 Å². The van der Waals surface area contributed by atoms with E-state index in [0.717, 1.165) is 11.3 Å². The van der Waals surface area contributed by atoms with E-state index in [9.17, 15) is 0 Å². The Morgan fingerprint density at radius 1 is 1.08 bits per heavy atom. The SMILES string of the molecule is CCCCC12CCC(CC1)CC2. The zero-order chi connectivity index (χ0) is 8.44. The van der Waals surface area contributed by atoms with Crippen LogP contribution in [0.3, 0.4) is 0 Å². The lowest BCUT2D eigenvalue weighted by Crippen LogP contribution is -2.33. The van der Waals surface area contributed by atoms with E-state index in [4.69, 9.17) is 0 Å². The Kier molecular flexibility index (Phi) is 2.43. The molecule has 0 spiro atoms. The monoisotopic (exact) mass is 166 g/mol. The summed E-state index contributed by atoms with van der Waals surface area (Å²) in [6.07, 6.45) is 13.8. The van der Waals surface area contributed by atoms with Gasteiger partial charge in [-0.05, 0) is 56.3 Å². The van der Waals surface area contributed by atoms with Crippen LogP contribution >= 0.6 is 0 Å². The molecule has 0 amide bonds. The van der Waals surface area contributed by atoms with Crippen LogP contribution in [0.25, 0.3) is 0 Å². The molecule has 0 heterocycles. The van der Waals surface area contributed by atoms with Crippen LogP contribution in [-0.4, -0.2) is 0 Å². The highest BCUT2D eigenvalue weighted by atomic mass is 14.4. The molecule has 3 aliphatic carbocycles. The molecule has 3 rings (SSSR count). The van der Waals surface area contributed by atoms with Crippen LogP contribution < -0.4 is 0 Å². The fraction of sp³-hybridized carbons (Fsp3) is 1.00. The summed E-state index contributed by atoms with van der Waals surface area (Å²) < 4.78 is 0. The maximum absolute atomic E-state index is 2.32. The Labute approximate surface area is 76.7 Å². The molecular weight excluding hydrogens is 144 g/mol. The Balaban J connectivity index is 1.90. The van der Waals surface area contributed by atoms with E-state index in [1.165, 1.54) is 19.3 Å². The van der Waals surface area contributed by atoms with Crippen molar-refractivity contribution < 1.29 is 0 Å². The van der Waals surface area contributed by atoms with Gasteiger partial charge in [-0.1, -0.05) is 19.8 Å². The summed E-state index contributed by atoms with van der Waals surface area (Å²) >= 11 is 0. The maximum Gasteiger partial charge on any atom is -0.0297 e. The maximum atomic E-state index is 2.32. The Bertz CT molecular complexity index is 126. The Morgan fingerprint density at radius 2 is 1.67 bits per heavy atom. The first-order valence-electron chi connectivity index (χ1n) is 5.85. The first kappa shape index (κ1) is 8.59. The minimum absolute atomic E-state index is 0.838. The fourth-order valence-corrected chi connectivity index (χ4v) is 3.27. The quantitative estimate of drug-likeness (QED) is 0.591. The smallest absolute Gasteiger partial charge is 0.0297 e. The average Bonchev–Trinajstić information content (AvgIpc) is 2.18. The summed E-state index contributed by atoms with van der Waals surface area (Å²) in [7, 11) is 0. The van der Waals surface area contributed by atoms with E-state index in [1.54, 1.807) is 38.5 Å². The largest absolute Gasteiger partial charge is 0.0654 e. The molecule has 0 aromatic heterocycles. The summed E-state index contributed by atoms with van der Waals surface area (Å²) in [5, 5.41) is 0. The van der Waals surface area contributed by atoms with E-state index >= 15 is 0 Å². The van der Waals surface area contributed by atoms with Gasteiger partial charge in [0.2, 0.25) is 0 Å². The van der Waals surface area contributed by atoms with Gasteiger partial charge in [-0.3, -0.25) is 0 Å². The molecule has 0 aromatic rings. The van der Waals surface area contributed by atoms with Crippen molar-refractivity contribution in [2.75, 3.05) is 0 Å². The molecule has 0 saturated heterocycles. The molecule has 0 atom stereocenters. The minimum Gasteiger partial charge on any atom is -0.0654 e. The highest BCUT2D eigenvalue weighted by molar-refractivity contribution is 4.91. The third-order valence-corrected chi connectivity index (χ3v) is 4.31. The van der Waals surface area contributed by atoms with Gasteiger partial charge in [-0.15, -0.1) is 0 Å². The molecule has 0 unspecified atom stereocenters. The van der Waals surface area contributed by atoms with Crippen molar-refractivity contribution in [3.63, 3.8) is 0 Å². The average molecular weight is 166 g/mol. The lowest BCUT2D eigenvalue weighted by molar-refractivity contribution is 0.0545. The number of fused-ring (bicyclic) bond motifs is 3. The van der Waals surface area contributed by atoms with Gasteiger partial charge in [-0.25, -0.2) is 0 Å². The standard InChI is InChI=1S/C12H22/c1-2-3-7-12-8-4-11(5-9-12)6-10-12/h11H,2-10H2,1H3. The molecule has 3 fully saturated rings. The summed E-state index contributed by atoms with van der Waals surface area (Å²) in [6, 6.07) is 0. The molecule has 0 heteroatoms. The third kappa shape index (κ3) is 1.53. The van der Waals surface area contributed by atoms with Gasteiger partial charge in [-0.2, -0.15) is 0 Å². The van der Waals surface area contributed by atoms with Crippen molar-refractivity contribution in [2.45, 2.75) is 64.7 Å². The van der Waals surface area contributed by atoms with E-state index in [0.29, 0.717) is 0 Å². The summed E-state index contributed by atoms with van der Waals surface area (Å²) in [4.78, 5) is 0. The molecule has 3 aliphatic rings. The molecule has 0 aliphatic heterocycles. The van der Waals surface area contributed by atoms with Crippen molar-refractivity contribution in [3.05, 3.63) is 0 Å². The molecule has 0 radical (unpaired) electrons. The van der Waals surface area contributed by atoms with Crippen LogP contribution in [0.2, 0.25) is 0 Å². The zero-order valence-electron chi connectivity index (χ0n) is 8.44. The topological polar surface area (TPSA) is 0 Å². The second-order valence-corrected chi connectivity index (χ2v) is 5.09. The second kappa shape index (κ2) is 3.40. The molecule has 3 saturated carbocycles. The highest BCUT2D eigenvalue weighted by Crippen LogP contribution is 2.52. The van der Waals surface area contributed by atoms with Gasteiger partial charge in [0.15, 0.2) is 0 Å². The van der Waals surface area contributed by atoms with Gasteiger partial charge < -0.3 is 0 Å². The molecule has 70 valence electrons. The summed E-state index contributed by atoms with van der Waals surface area (Å²) in [5.74, 6) is 1.13. The van der Waals surface area contributed by atoms with Crippen LogP contribution in [-0.2, 0) is 0 Å². The predicted molar refractivity (Wildman–Crippen MR) is 53.2 cm³/mol. The lowest BCUT2D eigenvalue weighted by Gasteiger charge is -2.47. The van der Waals surface area contributed by atoms with Crippen molar-refractivity contribution in [2.24, 2.45) is 11.3 Å². The molecule has 0 aromatic carbocycles. The lowest BCUT2D eigenvalue weighted by atomic mass is 9.59. The predicted octanol–water partition coefficient (Wildman–Crippen LogP) is 4.15. The minimum atomic E-state index is 0.838. The van der Waals surface area contributed by atoms with E-state index < -0.39 is 0 Å². The van der Waals surface area contributed by atoms with E-state index in [2.05, 4.69) is 6.92 Å². The number of hydrogen-bond donors (Lipinski definition) is 0. The molecule has 0 N–H and O–H groups in total. The van der Waals surface area contributed by atoms with E-state index in [1.807, 2.05) is 0 Å². The number of rotatable bonds is 3. The molecular formula is C12H22. The van der Waals surface area contributed by atoms with Gasteiger partial charge in [0.1, 0.15) is 0 Å². The van der Waals surface area contributed by atoms with Crippen LogP contribution in [0.5, 0.6) is 0 Å². The first-order valence-corrected chi connectivity index (χ1v) is 5.85. The van der Waals surface area contributed by atoms with Gasteiger partial charge in [0.25, 0.3) is 0 Å². The van der Waals surface area contributed by atoms with Gasteiger partial charge in [0, 0.05) is 0 Å². The third-order valence-electron chi connectivity index (χ3n) is 4.31. The van der Waals surface area contributed by atoms with Crippen molar-refractivity contribution >= 4 is 0 Å². The van der Waals surface area contributed by atoms with Crippen molar-refractivity contribution in [1.29, 1.82) is 0 Å². The van der Waals surface area contributed by atoms with Crippen molar-refractivity contribution in [3.8, 4) is 0 Å². The number of unbranched alkanes of at least 4 members (excludes halogenated alkanes) is 1. The molecule has 2 bridgehead atoms. The molecule has 12 heavy (non-hydrogen) atoms. The van der Waals surface area contributed by atoms with Gasteiger partial charge in [0.05, 0.1) is 0 Å². The summed E-state index contributed by atoms with van der Waals surface area (Å²) in [5.41, 5.74) is 0.838. The highest BCUT2D eigenvalue weighted by Gasteiger charge is 2.39. The second-order valence-electron chi connectivity index (χ2n) is 5.09.